The Bertz CT molecular complexity index is 773. The van der Waals surface area contributed by atoms with E-state index < -0.39 is 53.7 Å². The molecule has 0 aromatic carbocycles. The van der Waals surface area contributed by atoms with Gasteiger partial charge in [0, 0.05) is 33.9 Å². The smallest absolute Gasteiger partial charge is 0.303 e. The first-order chi connectivity index (χ1) is 14.2. The molecule has 1 aromatic rings. The third kappa shape index (κ3) is 6.99. The Balaban J connectivity index is 2.35. The average molecular weight is 441 g/mol. The number of hydrogen-bond acceptors (Lipinski definition) is 11. The van der Waals surface area contributed by atoms with Gasteiger partial charge in [-0.3, -0.25) is 19.2 Å². The maximum absolute atomic E-state index is 11.7. The van der Waals surface area contributed by atoms with Gasteiger partial charge in [0.2, 0.25) is 0 Å². The second-order valence-electron chi connectivity index (χ2n) is 6.35. The van der Waals surface area contributed by atoms with Crippen LogP contribution in [0.15, 0.2) is 29.4 Å². The molecule has 0 saturated carbocycles. The van der Waals surface area contributed by atoms with Gasteiger partial charge in [-0.15, -0.1) is 0 Å². The average Bonchev–Trinajstić information content (AvgIpc) is 2.95. The van der Waals surface area contributed by atoms with E-state index in [9.17, 15) is 19.2 Å². The van der Waals surface area contributed by atoms with Crippen LogP contribution >= 0.6 is 11.8 Å². The van der Waals surface area contributed by atoms with E-state index >= 15 is 0 Å². The second-order valence-corrected chi connectivity index (χ2v) is 7.47. The summed E-state index contributed by atoms with van der Waals surface area (Å²) in [4.78, 5) is 50.5. The minimum atomic E-state index is -1.10. The predicted octanol–water partition coefficient (Wildman–Crippen LogP) is 1.26. The van der Waals surface area contributed by atoms with Crippen molar-refractivity contribution in [3.05, 3.63) is 24.4 Å². The van der Waals surface area contributed by atoms with Crippen molar-refractivity contribution >= 4 is 35.6 Å². The van der Waals surface area contributed by atoms with E-state index in [1.807, 2.05) is 0 Å². The summed E-state index contributed by atoms with van der Waals surface area (Å²) in [6, 6.07) is 5.24. The lowest BCUT2D eigenvalue weighted by atomic mass is 10.1. The maximum atomic E-state index is 11.7. The molecule has 164 valence electrons. The Kier molecular flexibility index (Phi) is 8.60. The highest BCUT2D eigenvalue weighted by Gasteiger charge is 2.53. The van der Waals surface area contributed by atoms with E-state index in [4.69, 9.17) is 23.7 Å². The van der Waals surface area contributed by atoms with Crippen LogP contribution in [0.25, 0.3) is 0 Å². The molecule has 1 fully saturated rings. The molecule has 1 aromatic heterocycles. The number of rotatable bonds is 8. The summed E-state index contributed by atoms with van der Waals surface area (Å²) in [5.74, 6) is -2.51. The van der Waals surface area contributed by atoms with Crippen molar-refractivity contribution in [1.82, 2.24) is 4.98 Å². The molecule has 0 spiro atoms. The fourth-order valence-electron chi connectivity index (χ4n) is 2.83. The van der Waals surface area contributed by atoms with Crippen LogP contribution < -0.4 is 0 Å². The number of hydrogen-bond donors (Lipinski definition) is 0. The third-order valence-corrected chi connectivity index (χ3v) is 4.92. The van der Waals surface area contributed by atoms with Gasteiger partial charge in [-0.2, -0.15) is 0 Å². The van der Waals surface area contributed by atoms with Gasteiger partial charge in [0.15, 0.2) is 23.7 Å². The standard InChI is InChI=1S/C19H23NO9S/c1-10(21)25-9-14(26-11(2)22)16-17(27-12(3)23)18(28-13(4)24)19(29-16)30-15-7-5-6-8-20-15/h5-8,14,16-19H,9H2,1-4H3/t14-,16+,17+,18-,19+/m1/s1. The van der Waals surface area contributed by atoms with Crippen LogP contribution in [0.4, 0.5) is 0 Å². The summed E-state index contributed by atoms with van der Waals surface area (Å²) in [6.45, 7) is 4.45. The highest BCUT2D eigenvalue weighted by Crippen LogP contribution is 2.38. The molecule has 10 nitrogen and oxygen atoms in total. The van der Waals surface area contributed by atoms with Gasteiger partial charge in [-0.1, -0.05) is 17.8 Å². The topological polar surface area (TPSA) is 127 Å². The zero-order valence-electron chi connectivity index (χ0n) is 16.9. The van der Waals surface area contributed by atoms with Crippen molar-refractivity contribution in [3.63, 3.8) is 0 Å². The number of pyridine rings is 1. The maximum Gasteiger partial charge on any atom is 0.303 e. The van der Waals surface area contributed by atoms with Gasteiger partial charge in [-0.25, -0.2) is 4.98 Å². The largest absolute Gasteiger partial charge is 0.462 e. The molecular formula is C19H23NO9S. The van der Waals surface area contributed by atoms with Crippen LogP contribution in [0, 0.1) is 0 Å². The molecular weight excluding hydrogens is 418 g/mol. The number of carbonyl (C=O) groups is 4. The fourth-order valence-corrected chi connectivity index (χ4v) is 3.88. The van der Waals surface area contributed by atoms with Crippen molar-refractivity contribution in [2.75, 3.05) is 6.61 Å². The van der Waals surface area contributed by atoms with Crippen molar-refractivity contribution in [2.24, 2.45) is 0 Å². The Morgan fingerprint density at radius 1 is 1.00 bits per heavy atom. The molecule has 0 bridgehead atoms. The zero-order chi connectivity index (χ0) is 22.3. The van der Waals surface area contributed by atoms with Gasteiger partial charge in [0.05, 0.1) is 5.03 Å². The quantitative estimate of drug-likeness (QED) is 0.427. The van der Waals surface area contributed by atoms with E-state index in [1.165, 1.54) is 27.7 Å². The lowest BCUT2D eigenvalue weighted by Gasteiger charge is -2.27. The minimum absolute atomic E-state index is 0.328. The van der Waals surface area contributed by atoms with Crippen LogP contribution in [-0.4, -0.2) is 65.3 Å². The molecule has 11 heteroatoms. The van der Waals surface area contributed by atoms with Crippen LogP contribution in [0.5, 0.6) is 0 Å². The summed E-state index contributed by atoms with van der Waals surface area (Å²) < 4.78 is 27.0. The van der Waals surface area contributed by atoms with E-state index in [0.29, 0.717) is 5.03 Å². The van der Waals surface area contributed by atoms with E-state index in [-0.39, 0.29) is 6.61 Å². The van der Waals surface area contributed by atoms with Gasteiger partial charge in [-0.05, 0) is 12.1 Å². The van der Waals surface area contributed by atoms with Crippen molar-refractivity contribution in [2.45, 2.75) is 62.6 Å². The summed E-state index contributed by atoms with van der Waals surface area (Å²) in [7, 11) is 0. The summed E-state index contributed by atoms with van der Waals surface area (Å²) in [5.41, 5.74) is -0.825. The Labute approximate surface area is 177 Å². The second kappa shape index (κ2) is 10.9. The predicted molar refractivity (Wildman–Crippen MR) is 102 cm³/mol. The van der Waals surface area contributed by atoms with Crippen LogP contribution in [0.2, 0.25) is 0 Å². The van der Waals surface area contributed by atoms with Crippen molar-refractivity contribution in [1.29, 1.82) is 0 Å². The van der Waals surface area contributed by atoms with Crippen LogP contribution in [-0.2, 0) is 42.9 Å². The summed E-state index contributed by atoms with van der Waals surface area (Å²) in [6.07, 6.45) is -2.68. The molecule has 0 unspecified atom stereocenters. The lowest BCUT2D eigenvalue weighted by molar-refractivity contribution is -0.176. The molecule has 1 saturated heterocycles. The SMILES string of the molecule is CC(=O)OC[C@@H](OC(C)=O)[C@@H]1O[C@@H](Sc2ccccn2)[C@H](OC(C)=O)[C@H]1OC(C)=O. The number of ether oxygens (including phenoxy) is 5. The van der Waals surface area contributed by atoms with Crippen LogP contribution in [0.1, 0.15) is 27.7 Å². The molecule has 0 amide bonds. The summed E-state index contributed by atoms with van der Waals surface area (Å²) >= 11 is 1.15. The molecule has 30 heavy (non-hydrogen) atoms. The highest BCUT2D eigenvalue weighted by atomic mass is 32.2. The van der Waals surface area contributed by atoms with Crippen molar-refractivity contribution < 1.29 is 42.9 Å². The first-order valence-electron chi connectivity index (χ1n) is 9.05. The normalized spacial score (nSPS) is 23.9. The number of nitrogens with zero attached hydrogens (tertiary/aromatic N) is 1. The van der Waals surface area contributed by atoms with E-state index in [0.717, 1.165) is 11.8 Å². The molecule has 2 heterocycles. The Morgan fingerprint density at radius 3 is 2.20 bits per heavy atom. The number of esters is 4. The zero-order valence-corrected chi connectivity index (χ0v) is 17.7. The molecule has 0 N–H and O–H groups in total. The lowest BCUT2D eigenvalue weighted by Crippen LogP contribution is -2.46. The van der Waals surface area contributed by atoms with Gasteiger partial charge >= 0.3 is 23.9 Å². The number of thioether (sulfide) groups is 1. The molecule has 0 aliphatic carbocycles. The molecule has 5 atom stereocenters. The Morgan fingerprint density at radius 2 is 1.67 bits per heavy atom. The van der Waals surface area contributed by atoms with Gasteiger partial charge in [0.25, 0.3) is 0 Å². The monoisotopic (exact) mass is 441 g/mol. The van der Waals surface area contributed by atoms with Gasteiger partial charge < -0.3 is 23.7 Å². The fraction of sp³-hybridized carbons (Fsp3) is 0.526. The molecule has 0 radical (unpaired) electrons. The molecule has 2 rings (SSSR count). The van der Waals surface area contributed by atoms with Crippen LogP contribution in [0.3, 0.4) is 0 Å². The third-order valence-electron chi connectivity index (χ3n) is 3.82. The van der Waals surface area contributed by atoms with E-state index in [1.54, 1.807) is 24.4 Å². The molecule has 1 aliphatic heterocycles. The minimum Gasteiger partial charge on any atom is -0.462 e. The number of aromatic nitrogens is 1. The van der Waals surface area contributed by atoms with E-state index in [2.05, 4.69) is 4.98 Å². The molecule has 1 aliphatic rings. The first-order valence-corrected chi connectivity index (χ1v) is 9.93. The highest BCUT2D eigenvalue weighted by molar-refractivity contribution is 7.99. The summed E-state index contributed by atoms with van der Waals surface area (Å²) in [5, 5.41) is 0.575. The van der Waals surface area contributed by atoms with Crippen molar-refractivity contribution in [3.8, 4) is 0 Å². The number of carbonyl (C=O) groups excluding carboxylic acids is 4. The first kappa shape index (κ1) is 23.6. The Hall–Kier alpha value is -2.66. The van der Waals surface area contributed by atoms with Gasteiger partial charge in [0.1, 0.15) is 12.7 Å².